The number of rotatable bonds is 2. The molecule has 1 N–H and O–H groups in total. The summed E-state index contributed by atoms with van der Waals surface area (Å²) in [5, 5.41) is 10.0. The maximum Gasteiger partial charge on any atom is 0.0988 e. The predicted molar refractivity (Wildman–Crippen MR) is 72.0 cm³/mol. The highest BCUT2D eigenvalue weighted by molar-refractivity contribution is 5.22. The summed E-state index contributed by atoms with van der Waals surface area (Å²) in [6.07, 6.45) is 8.40. The van der Waals surface area contributed by atoms with Crippen LogP contribution in [-0.4, -0.2) is 17.3 Å². The Hall–Kier alpha value is -0.500. The Kier molecular flexibility index (Phi) is 3.40. The number of hydrogen-bond acceptors (Lipinski definition) is 2. The third-order valence-corrected chi connectivity index (χ3v) is 5.07. The molecule has 1 aliphatic heterocycles. The van der Waals surface area contributed by atoms with Crippen LogP contribution >= 0.6 is 0 Å². The van der Waals surface area contributed by atoms with Crippen LogP contribution in [0.1, 0.15) is 58.8 Å². The van der Waals surface area contributed by atoms with Gasteiger partial charge in [0.1, 0.15) is 0 Å². The number of ether oxygens (including phenoxy) is 1. The lowest BCUT2D eigenvalue weighted by Gasteiger charge is -2.38. The molecule has 0 bridgehead atoms. The average Bonchev–Trinajstić information content (AvgIpc) is 2.70. The zero-order valence-electron chi connectivity index (χ0n) is 11.7. The predicted octanol–water partition coefficient (Wildman–Crippen LogP) is 3.65. The van der Waals surface area contributed by atoms with E-state index >= 15 is 0 Å². The lowest BCUT2D eigenvalue weighted by molar-refractivity contribution is 0.0416. The van der Waals surface area contributed by atoms with E-state index in [1.165, 1.54) is 31.4 Å². The topological polar surface area (TPSA) is 29.5 Å². The molecule has 0 aromatic carbocycles. The van der Waals surface area contributed by atoms with Crippen LogP contribution in [-0.2, 0) is 4.74 Å². The van der Waals surface area contributed by atoms with Crippen molar-refractivity contribution in [3.63, 3.8) is 0 Å². The Balaban J connectivity index is 1.72. The molecule has 1 fully saturated rings. The molecular formula is C16H26O2. The highest BCUT2D eigenvalue weighted by Gasteiger charge is 2.42. The van der Waals surface area contributed by atoms with Crippen LogP contribution in [0, 0.1) is 17.8 Å². The minimum Gasteiger partial charge on any atom is -0.495 e. The summed E-state index contributed by atoms with van der Waals surface area (Å²) in [4.78, 5) is 0. The highest BCUT2D eigenvalue weighted by Crippen LogP contribution is 2.49. The first kappa shape index (κ1) is 12.5. The lowest BCUT2D eigenvalue weighted by atomic mass is 9.76. The van der Waals surface area contributed by atoms with Crippen LogP contribution < -0.4 is 0 Å². The molecule has 3 rings (SSSR count). The monoisotopic (exact) mass is 250 g/mol. The minimum absolute atomic E-state index is 0.0440. The largest absolute Gasteiger partial charge is 0.495 e. The maximum absolute atomic E-state index is 10.0. The van der Waals surface area contributed by atoms with E-state index in [0.717, 1.165) is 25.2 Å². The van der Waals surface area contributed by atoms with Crippen molar-refractivity contribution in [1.82, 2.24) is 0 Å². The van der Waals surface area contributed by atoms with Crippen molar-refractivity contribution < 1.29 is 9.84 Å². The molecule has 2 heteroatoms. The zero-order valence-corrected chi connectivity index (χ0v) is 11.7. The van der Waals surface area contributed by atoms with Crippen LogP contribution in [0.2, 0.25) is 0 Å². The molecule has 4 atom stereocenters. The van der Waals surface area contributed by atoms with E-state index in [0.29, 0.717) is 17.9 Å². The molecule has 0 aromatic heterocycles. The minimum atomic E-state index is -0.0440. The second-order valence-corrected chi connectivity index (χ2v) is 6.81. The van der Waals surface area contributed by atoms with Crippen LogP contribution in [0.15, 0.2) is 11.3 Å². The quantitative estimate of drug-likeness (QED) is 0.810. The molecular weight excluding hydrogens is 224 g/mol. The van der Waals surface area contributed by atoms with Gasteiger partial charge in [-0.1, -0.05) is 13.8 Å². The first-order valence-electron chi connectivity index (χ1n) is 7.71. The molecule has 1 saturated carbocycles. The SMILES string of the molecule is CC(C)CC1CCC2=C(CC[C@@H]3C(O)CC[C@@H]23)O1. The Morgan fingerprint density at radius 2 is 2.00 bits per heavy atom. The van der Waals surface area contributed by atoms with Crippen LogP contribution in [0.3, 0.4) is 0 Å². The van der Waals surface area contributed by atoms with Crippen molar-refractivity contribution in [2.24, 2.45) is 17.8 Å². The van der Waals surface area contributed by atoms with Crippen LogP contribution in [0.25, 0.3) is 0 Å². The first-order chi connectivity index (χ1) is 8.65. The number of hydrogen-bond donors (Lipinski definition) is 1. The molecule has 0 saturated heterocycles. The van der Waals surface area contributed by atoms with Crippen molar-refractivity contribution in [3.05, 3.63) is 11.3 Å². The molecule has 3 aliphatic rings. The molecule has 0 radical (unpaired) electrons. The van der Waals surface area contributed by atoms with Gasteiger partial charge in [0.2, 0.25) is 0 Å². The second kappa shape index (κ2) is 4.88. The van der Waals surface area contributed by atoms with Gasteiger partial charge in [-0.3, -0.25) is 0 Å². The van der Waals surface area contributed by atoms with Crippen LogP contribution in [0.5, 0.6) is 0 Å². The molecule has 0 aromatic rings. The fourth-order valence-electron chi connectivity index (χ4n) is 4.27. The van der Waals surface area contributed by atoms with Gasteiger partial charge in [-0.15, -0.1) is 0 Å². The van der Waals surface area contributed by atoms with E-state index < -0.39 is 0 Å². The van der Waals surface area contributed by atoms with E-state index in [4.69, 9.17) is 4.74 Å². The molecule has 0 spiro atoms. The van der Waals surface area contributed by atoms with Crippen molar-refractivity contribution in [3.8, 4) is 0 Å². The Morgan fingerprint density at radius 3 is 2.78 bits per heavy atom. The lowest BCUT2D eigenvalue weighted by Crippen LogP contribution is -2.30. The Morgan fingerprint density at radius 1 is 1.17 bits per heavy atom. The van der Waals surface area contributed by atoms with Crippen molar-refractivity contribution in [1.29, 1.82) is 0 Å². The number of aliphatic hydroxyl groups is 1. The van der Waals surface area contributed by atoms with Gasteiger partial charge in [0, 0.05) is 6.42 Å². The summed E-state index contributed by atoms with van der Waals surface area (Å²) in [5.74, 6) is 3.21. The summed E-state index contributed by atoms with van der Waals surface area (Å²) in [7, 11) is 0. The van der Waals surface area contributed by atoms with Crippen molar-refractivity contribution in [2.45, 2.75) is 71.0 Å². The summed E-state index contributed by atoms with van der Waals surface area (Å²) in [6, 6.07) is 0. The maximum atomic E-state index is 10.0. The summed E-state index contributed by atoms with van der Waals surface area (Å²) in [6.45, 7) is 4.55. The summed E-state index contributed by atoms with van der Waals surface area (Å²) in [5.41, 5.74) is 1.57. The van der Waals surface area contributed by atoms with E-state index in [1.807, 2.05) is 0 Å². The van der Waals surface area contributed by atoms with Crippen LogP contribution in [0.4, 0.5) is 0 Å². The number of fused-ring (bicyclic) bond motifs is 2. The average molecular weight is 250 g/mol. The van der Waals surface area contributed by atoms with Crippen molar-refractivity contribution in [2.75, 3.05) is 0 Å². The summed E-state index contributed by atoms with van der Waals surface area (Å²) >= 11 is 0. The highest BCUT2D eigenvalue weighted by atomic mass is 16.5. The molecule has 0 amide bonds. The first-order valence-corrected chi connectivity index (χ1v) is 7.71. The molecule has 2 nitrogen and oxygen atoms in total. The molecule has 2 aliphatic carbocycles. The normalized spacial score (nSPS) is 39.6. The van der Waals surface area contributed by atoms with Gasteiger partial charge in [0.15, 0.2) is 0 Å². The van der Waals surface area contributed by atoms with Gasteiger partial charge in [0.05, 0.1) is 18.0 Å². The Labute approximate surface area is 110 Å². The van der Waals surface area contributed by atoms with Gasteiger partial charge in [0.25, 0.3) is 0 Å². The standard InChI is InChI=1S/C16H26O2/c1-10(2)9-11-3-4-14-12-5-7-15(17)13(12)6-8-16(14)18-11/h10-13,15,17H,3-9H2,1-2H3/t11?,12-,13+,15?/m1/s1. The Bertz CT molecular complexity index is 345. The van der Waals surface area contributed by atoms with E-state index in [2.05, 4.69) is 13.8 Å². The molecule has 102 valence electrons. The molecule has 2 unspecified atom stereocenters. The zero-order chi connectivity index (χ0) is 12.7. The number of aliphatic hydroxyl groups excluding tert-OH is 1. The van der Waals surface area contributed by atoms with E-state index in [1.54, 1.807) is 5.57 Å². The number of allylic oxidation sites excluding steroid dienone is 2. The fraction of sp³-hybridized carbons (Fsp3) is 0.875. The van der Waals surface area contributed by atoms with Gasteiger partial charge >= 0.3 is 0 Å². The van der Waals surface area contributed by atoms with E-state index in [9.17, 15) is 5.11 Å². The second-order valence-electron chi connectivity index (χ2n) is 6.81. The van der Waals surface area contributed by atoms with Crippen molar-refractivity contribution >= 4 is 0 Å². The van der Waals surface area contributed by atoms with E-state index in [-0.39, 0.29) is 6.10 Å². The third-order valence-electron chi connectivity index (χ3n) is 5.07. The fourth-order valence-corrected chi connectivity index (χ4v) is 4.27. The molecule has 1 heterocycles. The van der Waals surface area contributed by atoms with Gasteiger partial charge in [-0.2, -0.15) is 0 Å². The molecule has 18 heavy (non-hydrogen) atoms. The van der Waals surface area contributed by atoms with Gasteiger partial charge < -0.3 is 9.84 Å². The smallest absolute Gasteiger partial charge is 0.0988 e. The van der Waals surface area contributed by atoms with Gasteiger partial charge in [-0.25, -0.2) is 0 Å². The third kappa shape index (κ3) is 2.20. The summed E-state index contributed by atoms with van der Waals surface area (Å²) < 4.78 is 6.24. The van der Waals surface area contributed by atoms with Gasteiger partial charge in [-0.05, 0) is 61.9 Å².